The quantitative estimate of drug-likeness (QED) is 0.184. The third-order valence-corrected chi connectivity index (χ3v) is 11.1. The normalized spacial score (nSPS) is 11.6. The molecule has 3 aromatic heterocycles. The van der Waals surface area contributed by atoms with E-state index >= 15 is 0 Å². The maximum absolute atomic E-state index is 10.2. The molecule has 0 saturated carbocycles. The summed E-state index contributed by atoms with van der Waals surface area (Å²) >= 11 is 0. The van der Waals surface area contributed by atoms with Gasteiger partial charge in [-0.3, -0.25) is 0 Å². The molecule has 0 atom stereocenters. The van der Waals surface area contributed by atoms with Gasteiger partial charge >= 0.3 is 0 Å². The number of fused-ring (bicyclic) bond motifs is 9. The van der Waals surface area contributed by atoms with Crippen LogP contribution >= 0.6 is 0 Å². The maximum Gasteiger partial charge on any atom is 0.0992 e. The largest absolute Gasteiger partial charge is 0.309 e. The molecule has 0 aliphatic heterocycles. The summed E-state index contributed by atoms with van der Waals surface area (Å²) in [6.45, 7) is 0. The summed E-state index contributed by atoms with van der Waals surface area (Å²) < 4.78 is 6.87. The Morgan fingerprint density at radius 2 is 0.764 bits per heavy atom. The lowest BCUT2D eigenvalue weighted by Gasteiger charge is -2.13. The molecule has 5 nitrogen and oxygen atoms in total. The minimum atomic E-state index is 0.570. The Morgan fingerprint density at radius 3 is 1.35 bits per heavy atom. The van der Waals surface area contributed by atoms with Gasteiger partial charge in [-0.05, 0) is 96.1 Å². The maximum atomic E-state index is 10.2. The average Bonchev–Trinajstić information content (AvgIpc) is 3.88. The van der Waals surface area contributed by atoms with Crippen molar-refractivity contribution in [3.8, 4) is 40.3 Å². The number of benzene rings is 8. The molecule has 0 aliphatic carbocycles. The fraction of sp³-hybridized carbons (Fsp3) is 0. The molecule has 55 heavy (non-hydrogen) atoms. The van der Waals surface area contributed by atoms with Crippen molar-refractivity contribution in [1.29, 1.82) is 10.5 Å². The lowest BCUT2D eigenvalue weighted by atomic mass is 10.0. The molecular weight excluding hydrogens is 671 g/mol. The Labute approximate surface area is 316 Å². The number of aromatic nitrogens is 3. The number of nitrogens with zero attached hydrogens (tertiary/aromatic N) is 5. The molecule has 0 saturated heterocycles. The summed E-state index contributed by atoms with van der Waals surface area (Å²) in [7, 11) is 0. The van der Waals surface area contributed by atoms with Gasteiger partial charge in [-0.1, -0.05) is 91.0 Å². The van der Waals surface area contributed by atoms with Gasteiger partial charge in [0.15, 0.2) is 0 Å². The molecule has 0 unspecified atom stereocenters. The fourth-order valence-electron chi connectivity index (χ4n) is 8.67. The van der Waals surface area contributed by atoms with E-state index < -0.39 is 0 Å². The molecule has 11 aromatic rings. The molecule has 0 fully saturated rings. The first-order valence-electron chi connectivity index (χ1n) is 18.3. The first kappa shape index (κ1) is 30.7. The van der Waals surface area contributed by atoms with E-state index in [1.54, 1.807) is 0 Å². The van der Waals surface area contributed by atoms with Crippen LogP contribution in [-0.4, -0.2) is 13.7 Å². The molecular formula is C50H29N5. The third kappa shape index (κ3) is 4.58. The second-order valence-corrected chi connectivity index (χ2v) is 14.0. The Morgan fingerprint density at radius 1 is 0.291 bits per heavy atom. The van der Waals surface area contributed by atoms with Crippen molar-refractivity contribution in [1.82, 2.24) is 13.7 Å². The van der Waals surface area contributed by atoms with E-state index in [0.717, 1.165) is 61.0 Å². The van der Waals surface area contributed by atoms with Gasteiger partial charge in [0.2, 0.25) is 0 Å². The van der Waals surface area contributed by atoms with Gasteiger partial charge in [-0.2, -0.15) is 10.5 Å². The first-order valence-corrected chi connectivity index (χ1v) is 18.3. The van der Waals surface area contributed by atoms with Crippen LogP contribution < -0.4 is 0 Å². The highest BCUT2D eigenvalue weighted by molar-refractivity contribution is 6.12. The predicted molar refractivity (Wildman–Crippen MR) is 224 cm³/mol. The van der Waals surface area contributed by atoms with E-state index in [9.17, 15) is 10.5 Å². The van der Waals surface area contributed by atoms with Gasteiger partial charge in [-0.25, -0.2) is 0 Å². The van der Waals surface area contributed by atoms with Crippen LogP contribution in [0.15, 0.2) is 176 Å². The molecule has 0 aliphatic rings. The molecule has 8 aromatic carbocycles. The highest BCUT2D eigenvalue weighted by atomic mass is 15.0. The lowest BCUT2D eigenvalue weighted by molar-refractivity contribution is 1.16. The molecule has 0 amide bonds. The lowest BCUT2D eigenvalue weighted by Crippen LogP contribution is -1.97. The molecule has 254 valence electrons. The number of rotatable bonds is 4. The van der Waals surface area contributed by atoms with Crippen LogP contribution in [0, 0.1) is 22.7 Å². The predicted octanol–water partition coefficient (Wildman–Crippen LogP) is 12.4. The molecule has 3 heterocycles. The van der Waals surface area contributed by atoms with E-state index in [-0.39, 0.29) is 0 Å². The van der Waals surface area contributed by atoms with Gasteiger partial charge in [0.25, 0.3) is 0 Å². The number of hydrogen-bond acceptors (Lipinski definition) is 2. The average molecular weight is 700 g/mol. The van der Waals surface area contributed by atoms with E-state index in [1.807, 2.05) is 42.5 Å². The SMILES string of the molecule is N#Cc1cc(-c2ccc(-n3c4ccccc4c4cc(-n5c6ccccc6c6ccccc65)ccc43)cc2)cc(-n2c3ccccc3c3ccc(C#N)cc32)c1. The van der Waals surface area contributed by atoms with E-state index in [2.05, 4.69) is 159 Å². The van der Waals surface area contributed by atoms with Crippen molar-refractivity contribution in [2.24, 2.45) is 0 Å². The molecule has 0 spiro atoms. The van der Waals surface area contributed by atoms with Crippen LogP contribution in [0.25, 0.3) is 93.6 Å². The van der Waals surface area contributed by atoms with Crippen LogP contribution in [-0.2, 0) is 0 Å². The fourth-order valence-corrected chi connectivity index (χ4v) is 8.67. The second kappa shape index (κ2) is 11.8. The van der Waals surface area contributed by atoms with Crippen LogP contribution in [0.3, 0.4) is 0 Å². The van der Waals surface area contributed by atoms with Gasteiger partial charge in [0.1, 0.15) is 0 Å². The highest BCUT2D eigenvalue weighted by Crippen LogP contribution is 2.38. The third-order valence-electron chi connectivity index (χ3n) is 11.1. The molecule has 0 N–H and O–H groups in total. The molecule has 0 radical (unpaired) electrons. The zero-order chi connectivity index (χ0) is 36.6. The molecule has 11 rings (SSSR count). The number of para-hydroxylation sites is 4. The summed E-state index contributed by atoms with van der Waals surface area (Å²) in [5.74, 6) is 0. The number of hydrogen-bond donors (Lipinski definition) is 0. The van der Waals surface area contributed by atoms with Crippen molar-refractivity contribution in [3.05, 3.63) is 187 Å². The standard InChI is InChI=1S/C50H29N5/c51-30-32-17-23-43-41-11-3-7-15-47(41)55(50(43)27-32)38-26-33(31-52)25-35(28-38)34-18-20-36(21-19-34)53-48-16-8-4-12-42(48)44-29-37(22-24-49(44)53)54-45-13-5-1-9-39(45)40-10-2-6-14-46(40)54/h1-29H. The topological polar surface area (TPSA) is 62.4 Å². The first-order chi connectivity index (χ1) is 27.2. The van der Waals surface area contributed by atoms with Crippen molar-refractivity contribution in [2.45, 2.75) is 0 Å². The highest BCUT2D eigenvalue weighted by Gasteiger charge is 2.18. The molecule has 0 bridgehead atoms. The summed E-state index contributed by atoms with van der Waals surface area (Å²) in [4.78, 5) is 0. The van der Waals surface area contributed by atoms with Crippen LogP contribution in [0.4, 0.5) is 0 Å². The van der Waals surface area contributed by atoms with E-state index in [1.165, 1.54) is 32.6 Å². The zero-order valence-corrected chi connectivity index (χ0v) is 29.5. The smallest absolute Gasteiger partial charge is 0.0992 e. The summed E-state index contributed by atoms with van der Waals surface area (Å²) in [5, 5.41) is 27.0. The Balaban J connectivity index is 1.05. The second-order valence-electron chi connectivity index (χ2n) is 14.0. The van der Waals surface area contributed by atoms with Crippen LogP contribution in [0.1, 0.15) is 11.1 Å². The summed E-state index contributed by atoms with van der Waals surface area (Å²) in [6.07, 6.45) is 0. The molecule has 5 heteroatoms. The monoisotopic (exact) mass is 699 g/mol. The van der Waals surface area contributed by atoms with Crippen LogP contribution in [0.5, 0.6) is 0 Å². The van der Waals surface area contributed by atoms with Crippen molar-refractivity contribution >= 4 is 65.4 Å². The number of nitriles is 2. The van der Waals surface area contributed by atoms with E-state index in [4.69, 9.17) is 0 Å². The summed E-state index contributed by atoms with van der Waals surface area (Å²) in [5.41, 5.74) is 12.8. The van der Waals surface area contributed by atoms with Crippen molar-refractivity contribution in [2.75, 3.05) is 0 Å². The van der Waals surface area contributed by atoms with Gasteiger partial charge < -0.3 is 13.7 Å². The Bertz CT molecular complexity index is 3400. The van der Waals surface area contributed by atoms with Gasteiger partial charge in [-0.15, -0.1) is 0 Å². The zero-order valence-electron chi connectivity index (χ0n) is 29.5. The van der Waals surface area contributed by atoms with Crippen LogP contribution in [0.2, 0.25) is 0 Å². The minimum Gasteiger partial charge on any atom is -0.309 e. The van der Waals surface area contributed by atoms with Gasteiger partial charge in [0.05, 0.1) is 56.4 Å². The van der Waals surface area contributed by atoms with E-state index in [0.29, 0.717) is 11.1 Å². The Kier molecular flexibility index (Phi) is 6.61. The summed E-state index contributed by atoms with van der Waals surface area (Å²) in [6, 6.07) is 66.0. The Hall–Kier alpha value is -7.86. The van der Waals surface area contributed by atoms with Gasteiger partial charge in [0, 0.05) is 49.4 Å². The van der Waals surface area contributed by atoms with Crippen molar-refractivity contribution in [3.63, 3.8) is 0 Å². The minimum absolute atomic E-state index is 0.570. The van der Waals surface area contributed by atoms with Crippen molar-refractivity contribution < 1.29 is 0 Å².